The van der Waals surface area contributed by atoms with Crippen LogP contribution in [0.2, 0.25) is 0 Å². The molecule has 1 unspecified atom stereocenters. The third kappa shape index (κ3) is 18.4. The van der Waals surface area contributed by atoms with E-state index in [1.165, 1.54) is 36.3 Å². The molecule has 2 rings (SSSR count). The van der Waals surface area contributed by atoms with Crippen molar-refractivity contribution >= 4 is 53.3 Å². The number of carbonyl (C=O) groups is 9. The Labute approximate surface area is 358 Å². The summed E-state index contributed by atoms with van der Waals surface area (Å²) in [6.45, 7) is 2.66. The highest BCUT2D eigenvalue weighted by Crippen LogP contribution is 2.07. The van der Waals surface area contributed by atoms with Crippen molar-refractivity contribution in [2.45, 2.75) is 95.0 Å². The van der Waals surface area contributed by atoms with Crippen LogP contribution in [-0.4, -0.2) is 186 Å². The summed E-state index contributed by atoms with van der Waals surface area (Å²) < 4.78 is 5.27. The number of likely N-dealkylation sites (N-methyl/N-ethyl adjacent to an activating group) is 1. The monoisotopic (exact) mass is 881 g/mol. The average molecular weight is 882 g/mol. The minimum atomic E-state index is -1.69. The lowest BCUT2D eigenvalue weighted by atomic mass is 10.1. The van der Waals surface area contributed by atoms with Gasteiger partial charge < -0.3 is 78.4 Å². The van der Waals surface area contributed by atoms with Crippen molar-refractivity contribution in [1.82, 2.24) is 57.0 Å². The number of nitrogens with zero attached hydrogens (tertiary/aromatic N) is 3. The van der Waals surface area contributed by atoms with Crippen molar-refractivity contribution in [2.75, 3.05) is 66.2 Å². The number of nitrogens with two attached hydrogens (primary N) is 2. The summed E-state index contributed by atoms with van der Waals surface area (Å²) in [6.07, 6.45) is 3.16. The number of unbranched alkanes of at least 4 members (excludes halogenated alkanes) is 1. The molecule has 62 heavy (non-hydrogen) atoms. The lowest BCUT2D eigenvalue weighted by Crippen LogP contribution is -2.61. The number of urea groups is 1. The second-order valence-corrected chi connectivity index (χ2v) is 14.5. The summed E-state index contributed by atoms with van der Waals surface area (Å²) in [5.41, 5.74) is 11.4. The van der Waals surface area contributed by atoms with Crippen LogP contribution in [0.3, 0.4) is 0 Å². The first kappa shape index (κ1) is 52.2. The van der Waals surface area contributed by atoms with Gasteiger partial charge in [-0.05, 0) is 38.6 Å². The van der Waals surface area contributed by atoms with Crippen LogP contribution in [0.5, 0.6) is 0 Å². The van der Waals surface area contributed by atoms with Crippen LogP contribution in [0.4, 0.5) is 4.79 Å². The molecule has 10 amide bonds. The number of primary amides is 1. The van der Waals surface area contributed by atoms with E-state index in [2.05, 4.69) is 47.2 Å². The van der Waals surface area contributed by atoms with Crippen LogP contribution >= 0.6 is 0 Å². The molecular formula is C37H63N13O12. The molecule has 6 atom stereocenters. The van der Waals surface area contributed by atoms with Gasteiger partial charge in [-0.25, -0.2) is 9.78 Å². The Morgan fingerprint density at radius 1 is 0.790 bits per heavy atom. The number of aliphatic hydroxyl groups is 2. The number of ether oxygens (including phenoxy) is 1. The highest BCUT2D eigenvalue weighted by molar-refractivity contribution is 5.97. The number of hydrogen-bond donors (Lipinski definition) is 12. The molecule has 25 heteroatoms. The molecule has 2 heterocycles. The van der Waals surface area contributed by atoms with Crippen molar-refractivity contribution in [1.29, 1.82) is 0 Å². The number of aromatic nitrogens is 2. The van der Waals surface area contributed by atoms with Crippen molar-refractivity contribution in [2.24, 2.45) is 11.5 Å². The van der Waals surface area contributed by atoms with E-state index < -0.39 is 96.8 Å². The first-order valence-electron chi connectivity index (χ1n) is 20.4. The number of carbonyl (C=O) groups excluding carboxylic acids is 9. The van der Waals surface area contributed by atoms with Crippen molar-refractivity contribution in [3.63, 3.8) is 0 Å². The highest BCUT2D eigenvalue weighted by atomic mass is 16.5. The number of imidazole rings is 1. The molecule has 0 saturated carbocycles. The van der Waals surface area contributed by atoms with Gasteiger partial charge in [0, 0.05) is 64.9 Å². The van der Waals surface area contributed by atoms with Gasteiger partial charge in [-0.1, -0.05) is 6.92 Å². The maximum Gasteiger partial charge on any atom is 0.318 e. The van der Waals surface area contributed by atoms with Crippen molar-refractivity contribution in [3.05, 3.63) is 18.2 Å². The van der Waals surface area contributed by atoms with Crippen LogP contribution < -0.4 is 48.7 Å². The SMILES string of the molecule is CC[C@H](NC(=O)[C@H](CCCCN)NC(=O)[C@H](CO)NC(=O)[C@H](CO)NC(=O)[C@H](Cc1cnc[nH]1)NC(=O)N1CCOCC1)C(=O)NC(CCC(N)=O)C(=O)NCCN(C)C(C)=O. The average Bonchev–Trinajstić information content (AvgIpc) is 3.77. The van der Waals surface area contributed by atoms with Gasteiger partial charge in [0.25, 0.3) is 0 Å². The third-order valence-electron chi connectivity index (χ3n) is 9.74. The Morgan fingerprint density at radius 3 is 1.84 bits per heavy atom. The molecule has 1 aliphatic heterocycles. The molecule has 0 spiro atoms. The summed E-state index contributed by atoms with van der Waals surface area (Å²) in [4.78, 5) is 126. The summed E-state index contributed by atoms with van der Waals surface area (Å²) in [7, 11) is 1.54. The zero-order chi connectivity index (χ0) is 46.2. The van der Waals surface area contributed by atoms with Gasteiger partial charge in [-0.15, -0.1) is 0 Å². The second-order valence-electron chi connectivity index (χ2n) is 14.5. The van der Waals surface area contributed by atoms with Crippen LogP contribution in [0.1, 0.15) is 58.1 Å². The lowest BCUT2D eigenvalue weighted by molar-refractivity contribution is -0.136. The van der Waals surface area contributed by atoms with E-state index in [1.54, 1.807) is 6.92 Å². The molecule has 1 aromatic heterocycles. The molecule has 0 radical (unpaired) electrons. The van der Waals surface area contributed by atoms with E-state index in [1.807, 2.05) is 0 Å². The van der Waals surface area contributed by atoms with E-state index in [0.717, 1.165) is 0 Å². The fraction of sp³-hybridized carbons (Fsp3) is 0.676. The predicted molar refractivity (Wildman–Crippen MR) is 219 cm³/mol. The highest BCUT2D eigenvalue weighted by Gasteiger charge is 2.33. The number of nitrogens with one attached hydrogen (secondary N) is 8. The smallest absolute Gasteiger partial charge is 0.318 e. The van der Waals surface area contributed by atoms with Gasteiger partial charge in [-0.2, -0.15) is 0 Å². The zero-order valence-corrected chi connectivity index (χ0v) is 35.4. The van der Waals surface area contributed by atoms with Crippen LogP contribution in [-0.2, 0) is 49.5 Å². The molecule has 0 aliphatic carbocycles. The maximum atomic E-state index is 13.6. The van der Waals surface area contributed by atoms with E-state index in [-0.39, 0.29) is 70.7 Å². The number of aromatic amines is 1. The molecule has 1 fully saturated rings. The van der Waals surface area contributed by atoms with E-state index >= 15 is 0 Å². The summed E-state index contributed by atoms with van der Waals surface area (Å²) >= 11 is 0. The minimum absolute atomic E-state index is 0.0144. The van der Waals surface area contributed by atoms with Crippen LogP contribution in [0.25, 0.3) is 0 Å². The molecule has 25 nitrogen and oxygen atoms in total. The van der Waals surface area contributed by atoms with Gasteiger partial charge in [-0.3, -0.25) is 38.4 Å². The number of H-pyrrole nitrogens is 1. The van der Waals surface area contributed by atoms with Crippen molar-refractivity contribution < 1.29 is 58.1 Å². The van der Waals surface area contributed by atoms with E-state index in [9.17, 15) is 53.4 Å². The molecular weight excluding hydrogens is 818 g/mol. The minimum Gasteiger partial charge on any atom is -0.394 e. The van der Waals surface area contributed by atoms with Gasteiger partial charge in [0.2, 0.25) is 47.3 Å². The van der Waals surface area contributed by atoms with Crippen LogP contribution in [0.15, 0.2) is 12.5 Å². The molecule has 1 aromatic rings. The summed E-state index contributed by atoms with van der Waals surface area (Å²) in [5, 5.41) is 37.6. The van der Waals surface area contributed by atoms with Gasteiger partial charge in [0.05, 0.1) is 32.8 Å². The Kier molecular flexibility index (Phi) is 23.4. The van der Waals surface area contributed by atoms with Gasteiger partial charge in [0.15, 0.2) is 0 Å². The molecule has 0 bridgehead atoms. The van der Waals surface area contributed by atoms with Gasteiger partial charge in [0.1, 0.15) is 36.3 Å². The first-order chi connectivity index (χ1) is 29.5. The Hall–Kier alpha value is -5.92. The molecule has 0 aromatic carbocycles. The fourth-order valence-corrected chi connectivity index (χ4v) is 5.88. The Morgan fingerprint density at radius 2 is 1.32 bits per heavy atom. The van der Waals surface area contributed by atoms with Crippen molar-refractivity contribution in [3.8, 4) is 0 Å². The number of rotatable bonds is 27. The quantitative estimate of drug-likeness (QED) is 0.0367. The second kappa shape index (κ2) is 27.8. The number of aliphatic hydroxyl groups excluding tert-OH is 2. The first-order valence-corrected chi connectivity index (χ1v) is 20.4. The van der Waals surface area contributed by atoms with Crippen LogP contribution in [0, 0.1) is 0 Å². The number of hydrogen-bond acceptors (Lipinski definition) is 14. The largest absolute Gasteiger partial charge is 0.394 e. The summed E-state index contributed by atoms with van der Waals surface area (Å²) in [5.74, 6) is -6.19. The molecule has 14 N–H and O–H groups in total. The Bertz CT molecular complexity index is 1640. The number of amides is 10. The fourth-order valence-electron chi connectivity index (χ4n) is 5.88. The molecule has 348 valence electrons. The molecule has 1 aliphatic rings. The normalized spacial score (nSPS) is 15.3. The third-order valence-corrected chi connectivity index (χ3v) is 9.74. The van der Waals surface area contributed by atoms with Gasteiger partial charge >= 0.3 is 6.03 Å². The zero-order valence-electron chi connectivity index (χ0n) is 35.4. The standard InChI is InChI=1S/C37H63N13O12/c1-4-24(32(56)45-26(8-9-30(39)54)31(55)41-11-12-49(3)22(2)53)43-33(57)25(7-5-6-10-38)44-35(59)28(19-51)47-36(60)29(20-52)46-34(58)27(17-23-18-40-21-42-23)48-37(61)50-13-15-62-16-14-50/h18,21,24-29,51-52H,4-17,19-20,38H2,1-3H3,(H2,39,54)(H,40,42)(H,41,55)(H,43,57)(H,44,59)(H,45,56)(H,46,58)(H,47,60)(H,48,61)/t24-,25-,26?,27-,28-,29-/m0/s1. The maximum absolute atomic E-state index is 13.6. The predicted octanol–water partition coefficient (Wildman–Crippen LogP) is -5.83. The lowest BCUT2D eigenvalue weighted by Gasteiger charge is -2.29. The summed E-state index contributed by atoms with van der Waals surface area (Å²) in [6, 6.07) is -8.94. The van der Waals surface area contributed by atoms with E-state index in [0.29, 0.717) is 31.7 Å². The number of morpholine rings is 1. The Balaban J connectivity index is 2.14. The topological polar surface area (TPSA) is 375 Å². The molecule has 1 saturated heterocycles. The van der Waals surface area contributed by atoms with E-state index in [4.69, 9.17) is 16.2 Å².